The van der Waals surface area contributed by atoms with Crippen LogP contribution in [0, 0.1) is 0 Å². The second kappa shape index (κ2) is 5.79. The Labute approximate surface area is 142 Å². The molecule has 1 aromatic heterocycles. The summed E-state index contributed by atoms with van der Waals surface area (Å²) >= 11 is 0. The van der Waals surface area contributed by atoms with Gasteiger partial charge < -0.3 is 14.8 Å². The van der Waals surface area contributed by atoms with Gasteiger partial charge in [-0.25, -0.2) is 4.79 Å². The van der Waals surface area contributed by atoms with Crippen molar-refractivity contribution in [3.63, 3.8) is 0 Å². The van der Waals surface area contributed by atoms with E-state index in [2.05, 4.69) is 5.32 Å². The van der Waals surface area contributed by atoms with Crippen molar-refractivity contribution in [3.8, 4) is 5.75 Å². The van der Waals surface area contributed by atoms with Crippen LogP contribution in [-0.2, 0) is 0 Å². The Morgan fingerprint density at radius 3 is 2.44 bits per heavy atom. The third-order valence-electron chi connectivity index (χ3n) is 3.99. The first-order valence-corrected chi connectivity index (χ1v) is 7.68. The molecule has 5 nitrogen and oxygen atoms in total. The van der Waals surface area contributed by atoms with Gasteiger partial charge in [-0.1, -0.05) is 24.3 Å². The molecule has 5 heteroatoms. The van der Waals surface area contributed by atoms with Gasteiger partial charge in [0, 0.05) is 28.1 Å². The molecule has 25 heavy (non-hydrogen) atoms. The van der Waals surface area contributed by atoms with Crippen molar-refractivity contribution in [2.24, 2.45) is 0 Å². The Hall–Kier alpha value is -3.60. The fourth-order valence-electron chi connectivity index (χ4n) is 2.79. The van der Waals surface area contributed by atoms with Crippen LogP contribution in [0.25, 0.3) is 21.7 Å². The van der Waals surface area contributed by atoms with Gasteiger partial charge in [-0.2, -0.15) is 0 Å². The highest BCUT2D eigenvalue weighted by molar-refractivity contribution is 6.08. The van der Waals surface area contributed by atoms with E-state index in [0.717, 1.165) is 0 Å². The van der Waals surface area contributed by atoms with Crippen LogP contribution < -0.4 is 10.9 Å². The summed E-state index contributed by atoms with van der Waals surface area (Å²) < 4.78 is 5.27. The predicted molar refractivity (Wildman–Crippen MR) is 96.0 cm³/mol. The number of hydrogen-bond acceptors (Lipinski definition) is 4. The molecule has 4 aromatic rings. The topological polar surface area (TPSA) is 79.5 Å². The number of aromatic hydroxyl groups is 1. The van der Waals surface area contributed by atoms with E-state index in [1.165, 1.54) is 12.1 Å². The number of nitrogens with one attached hydrogen (secondary N) is 1. The Balaban J connectivity index is 1.79. The van der Waals surface area contributed by atoms with Crippen LogP contribution in [0.3, 0.4) is 0 Å². The number of carbonyl (C=O) groups is 1. The van der Waals surface area contributed by atoms with Crippen molar-refractivity contribution >= 4 is 33.3 Å². The lowest BCUT2D eigenvalue weighted by Crippen LogP contribution is -2.12. The molecule has 0 unspecified atom stereocenters. The maximum Gasteiger partial charge on any atom is 0.344 e. The maximum absolute atomic E-state index is 12.3. The Bertz CT molecular complexity index is 1160. The zero-order valence-electron chi connectivity index (χ0n) is 13.0. The van der Waals surface area contributed by atoms with Crippen LogP contribution in [0.1, 0.15) is 10.4 Å². The van der Waals surface area contributed by atoms with E-state index in [1.807, 2.05) is 6.07 Å². The number of carbonyl (C=O) groups excluding carboxylic acids is 1. The summed E-state index contributed by atoms with van der Waals surface area (Å²) in [6.07, 6.45) is 0. The standard InChI is InChI=1S/C20H13NO4/c22-14-7-9-16-15-8-6-13(10-17(15)20(24)25-18(16)11-14)21-19(23)12-4-2-1-3-5-12/h1-11,22H,(H,21,23). The van der Waals surface area contributed by atoms with Gasteiger partial charge in [0.05, 0.1) is 5.39 Å². The normalized spacial score (nSPS) is 10.9. The minimum absolute atomic E-state index is 0.0294. The van der Waals surface area contributed by atoms with Gasteiger partial charge in [0.1, 0.15) is 11.3 Å². The number of amides is 1. The van der Waals surface area contributed by atoms with Crippen molar-refractivity contribution in [3.05, 3.63) is 82.7 Å². The molecule has 0 spiro atoms. The first-order valence-electron chi connectivity index (χ1n) is 7.68. The molecule has 0 aliphatic carbocycles. The smallest absolute Gasteiger partial charge is 0.344 e. The highest BCUT2D eigenvalue weighted by atomic mass is 16.4. The minimum Gasteiger partial charge on any atom is -0.508 e. The van der Waals surface area contributed by atoms with Crippen molar-refractivity contribution in [1.82, 2.24) is 0 Å². The minimum atomic E-state index is -0.524. The monoisotopic (exact) mass is 331 g/mol. The molecular weight excluding hydrogens is 318 g/mol. The first-order chi connectivity index (χ1) is 12.1. The first kappa shape index (κ1) is 15.0. The van der Waals surface area contributed by atoms with Crippen molar-refractivity contribution in [1.29, 1.82) is 0 Å². The zero-order valence-corrected chi connectivity index (χ0v) is 13.0. The van der Waals surface area contributed by atoms with E-state index in [-0.39, 0.29) is 11.7 Å². The van der Waals surface area contributed by atoms with Crippen LogP contribution in [-0.4, -0.2) is 11.0 Å². The molecule has 2 N–H and O–H groups in total. The van der Waals surface area contributed by atoms with Crippen LogP contribution in [0.4, 0.5) is 5.69 Å². The summed E-state index contributed by atoms with van der Waals surface area (Å²) in [7, 11) is 0. The summed E-state index contributed by atoms with van der Waals surface area (Å²) in [5.41, 5.74) is 0.831. The fraction of sp³-hybridized carbons (Fsp3) is 0. The number of hydrogen-bond donors (Lipinski definition) is 2. The third-order valence-corrected chi connectivity index (χ3v) is 3.99. The molecular formula is C20H13NO4. The molecule has 4 rings (SSSR count). The highest BCUT2D eigenvalue weighted by Gasteiger charge is 2.11. The number of benzene rings is 3. The van der Waals surface area contributed by atoms with Crippen LogP contribution in [0.15, 0.2) is 75.9 Å². The lowest BCUT2D eigenvalue weighted by molar-refractivity contribution is 0.102. The number of phenolic OH excluding ortho intramolecular Hbond substituents is 1. The molecule has 122 valence electrons. The summed E-state index contributed by atoms with van der Waals surface area (Å²) in [5, 5.41) is 14.1. The second-order valence-electron chi connectivity index (χ2n) is 5.65. The summed E-state index contributed by atoms with van der Waals surface area (Å²) in [6, 6.07) is 18.5. The van der Waals surface area contributed by atoms with E-state index < -0.39 is 5.63 Å². The summed E-state index contributed by atoms with van der Waals surface area (Å²) in [6.45, 7) is 0. The Morgan fingerprint density at radius 1 is 0.880 bits per heavy atom. The molecule has 0 radical (unpaired) electrons. The number of fused-ring (bicyclic) bond motifs is 3. The molecule has 3 aromatic carbocycles. The third kappa shape index (κ3) is 2.72. The molecule has 0 saturated carbocycles. The molecule has 0 atom stereocenters. The van der Waals surface area contributed by atoms with E-state index in [9.17, 15) is 14.7 Å². The molecule has 0 aliphatic rings. The molecule has 0 aliphatic heterocycles. The van der Waals surface area contributed by atoms with E-state index in [0.29, 0.717) is 33.0 Å². The van der Waals surface area contributed by atoms with Gasteiger partial charge in [0.2, 0.25) is 0 Å². The average molecular weight is 331 g/mol. The van der Waals surface area contributed by atoms with Crippen LogP contribution in [0.5, 0.6) is 5.75 Å². The lowest BCUT2D eigenvalue weighted by atomic mass is 10.1. The number of rotatable bonds is 2. The van der Waals surface area contributed by atoms with Gasteiger partial charge >= 0.3 is 5.63 Å². The van der Waals surface area contributed by atoms with Crippen molar-refractivity contribution in [2.75, 3.05) is 5.32 Å². The van der Waals surface area contributed by atoms with Crippen molar-refractivity contribution < 1.29 is 14.3 Å². The molecule has 0 bridgehead atoms. The van der Waals surface area contributed by atoms with Gasteiger partial charge in [-0.3, -0.25) is 4.79 Å². The Morgan fingerprint density at radius 2 is 1.64 bits per heavy atom. The fourth-order valence-corrected chi connectivity index (χ4v) is 2.79. The van der Waals surface area contributed by atoms with Gasteiger partial charge in [0.25, 0.3) is 5.91 Å². The Kier molecular flexibility index (Phi) is 3.47. The quantitative estimate of drug-likeness (QED) is 0.431. The predicted octanol–water partition coefficient (Wildman–Crippen LogP) is 3.90. The SMILES string of the molecule is O=C(Nc1ccc2c(c1)c(=O)oc1cc(O)ccc12)c1ccccc1. The highest BCUT2D eigenvalue weighted by Crippen LogP contribution is 2.27. The number of anilines is 1. The van der Waals surface area contributed by atoms with Crippen molar-refractivity contribution in [2.45, 2.75) is 0 Å². The average Bonchev–Trinajstić information content (AvgIpc) is 2.62. The lowest BCUT2D eigenvalue weighted by Gasteiger charge is -2.08. The summed E-state index contributed by atoms with van der Waals surface area (Å²) in [4.78, 5) is 24.5. The van der Waals surface area contributed by atoms with E-state index in [4.69, 9.17) is 4.42 Å². The zero-order chi connectivity index (χ0) is 17.4. The molecule has 0 fully saturated rings. The van der Waals surface area contributed by atoms with E-state index >= 15 is 0 Å². The molecule has 1 heterocycles. The van der Waals surface area contributed by atoms with E-state index in [1.54, 1.807) is 48.5 Å². The van der Waals surface area contributed by atoms with Crippen LogP contribution in [0.2, 0.25) is 0 Å². The van der Waals surface area contributed by atoms with Crippen LogP contribution >= 0.6 is 0 Å². The maximum atomic E-state index is 12.3. The molecule has 0 saturated heterocycles. The van der Waals surface area contributed by atoms with Gasteiger partial charge in [-0.05, 0) is 36.4 Å². The van der Waals surface area contributed by atoms with Gasteiger partial charge in [-0.15, -0.1) is 0 Å². The van der Waals surface area contributed by atoms with Gasteiger partial charge in [0.15, 0.2) is 0 Å². The molecule has 1 amide bonds. The largest absolute Gasteiger partial charge is 0.508 e. The number of phenols is 1. The second-order valence-corrected chi connectivity index (χ2v) is 5.65. The summed E-state index contributed by atoms with van der Waals surface area (Å²) in [5.74, 6) is -0.225.